The lowest BCUT2D eigenvalue weighted by Crippen LogP contribution is -2.31. The lowest BCUT2D eigenvalue weighted by molar-refractivity contribution is -0.123. The van der Waals surface area contributed by atoms with Gasteiger partial charge in [0.15, 0.2) is 6.61 Å². The molecule has 0 saturated heterocycles. The molecule has 4 heteroatoms. The molecule has 4 nitrogen and oxygen atoms in total. The van der Waals surface area contributed by atoms with Crippen LogP contribution < -0.4 is 14.8 Å². The lowest BCUT2D eigenvalue weighted by atomic mass is 10.0. The minimum Gasteiger partial charge on any atom is -0.496 e. The maximum atomic E-state index is 12.2. The zero-order valence-electron chi connectivity index (χ0n) is 14.7. The summed E-state index contributed by atoms with van der Waals surface area (Å²) in [6, 6.07) is 15.3. The summed E-state index contributed by atoms with van der Waals surface area (Å²) in [7, 11) is 1.62. The number of carbonyl (C=O) groups is 1. The predicted molar refractivity (Wildman–Crippen MR) is 95.6 cm³/mol. The third kappa shape index (κ3) is 4.51. The molecule has 2 aromatic carbocycles. The van der Waals surface area contributed by atoms with E-state index in [0.29, 0.717) is 5.92 Å². The van der Waals surface area contributed by atoms with Gasteiger partial charge in [-0.3, -0.25) is 4.79 Å². The lowest BCUT2D eigenvalue weighted by Gasteiger charge is -2.18. The number of hydrogen-bond donors (Lipinski definition) is 1. The van der Waals surface area contributed by atoms with Gasteiger partial charge in [0.25, 0.3) is 5.91 Å². The Morgan fingerprint density at radius 2 is 1.54 bits per heavy atom. The molecule has 0 heterocycles. The Kier molecular flexibility index (Phi) is 6.24. The van der Waals surface area contributed by atoms with E-state index in [2.05, 4.69) is 19.2 Å². The van der Waals surface area contributed by atoms with Crippen LogP contribution in [0.3, 0.4) is 0 Å². The Hall–Kier alpha value is -2.49. The molecule has 0 fully saturated rings. The quantitative estimate of drug-likeness (QED) is 0.834. The fourth-order valence-electron chi connectivity index (χ4n) is 2.62. The average molecular weight is 327 g/mol. The molecular weight excluding hydrogens is 302 g/mol. The van der Waals surface area contributed by atoms with Crippen molar-refractivity contribution < 1.29 is 14.3 Å². The van der Waals surface area contributed by atoms with E-state index in [9.17, 15) is 4.79 Å². The van der Waals surface area contributed by atoms with Gasteiger partial charge in [-0.2, -0.15) is 0 Å². The number of methoxy groups -OCH3 is 1. The van der Waals surface area contributed by atoms with Crippen LogP contribution >= 0.6 is 0 Å². The number of nitrogens with one attached hydrogen (secondary N) is 1. The molecule has 0 aliphatic rings. The van der Waals surface area contributed by atoms with Crippen LogP contribution in [-0.4, -0.2) is 19.6 Å². The third-order valence-electron chi connectivity index (χ3n) is 3.88. The Labute approximate surface area is 143 Å². The Bertz CT molecular complexity index is 682. The number of hydrogen-bond acceptors (Lipinski definition) is 3. The van der Waals surface area contributed by atoms with Crippen LogP contribution in [-0.2, 0) is 4.79 Å². The van der Waals surface area contributed by atoms with Gasteiger partial charge < -0.3 is 14.8 Å². The van der Waals surface area contributed by atoms with E-state index in [0.717, 1.165) is 22.6 Å². The van der Waals surface area contributed by atoms with Crippen LogP contribution in [0.4, 0.5) is 0 Å². The molecule has 0 aliphatic carbocycles. The molecule has 0 radical (unpaired) electrons. The minimum atomic E-state index is -0.160. The summed E-state index contributed by atoms with van der Waals surface area (Å²) >= 11 is 0. The summed E-state index contributed by atoms with van der Waals surface area (Å²) in [5, 5.41) is 2.95. The monoisotopic (exact) mass is 327 g/mol. The van der Waals surface area contributed by atoms with E-state index in [4.69, 9.17) is 9.47 Å². The molecule has 2 rings (SSSR count). The van der Waals surface area contributed by atoms with Crippen LogP contribution in [0.25, 0.3) is 0 Å². The minimum absolute atomic E-state index is 0.0107. The van der Waals surface area contributed by atoms with Gasteiger partial charge in [0.05, 0.1) is 13.2 Å². The number of carbonyl (C=O) groups excluding carboxylic acids is 1. The zero-order chi connectivity index (χ0) is 17.5. The van der Waals surface area contributed by atoms with E-state index < -0.39 is 0 Å². The molecule has 128 valence electrons. The van der Waals surface area contributed by atoms with E-state index in [1.807, 2.05) is 55.5 Å². The normalized spacial score (nSPS) is 11.9. The number of rotatable bonds is 7. The summed E-state index contributed by atoms with van der Waals surface area (Å²) in [6.07, 6.45) is 0. The van der Waals surface area contributed by atoms with Crippen LogP contribution in [0.5, 0.6) is 11.5 Å². The van der Waals surface area contributed by atoms with Crippen molar-refractivity contribution in [3.8, 4) is 11.5 Å². The molecule has 1 unspecified atom stereocenters. The maximum absolute atomic E-state index is 12.2. The molecule has 0 spiro atoms. The van der Waals surface area contributed by atoms with Crippen molar-refractivity contribution in [2.45, 2.75) is 32.7 Å². The predicted octanol–water partition coefficient (Wildman–Crippen LogP) is 4.07. The molecule has 2 aromatic rings. The zero-order valence-corrected chi connectivity index (χ0v) is 14.7. The highest BCUT2D eigenvalue weighted by Crippen LogP contribution is 2.26. The Morgan fingerprint density at radius 1 is 0.958 bits per heavy atom. The van der Waals surface area contributed by atoms with Crippen molar-refractivity contribution in [3.05, 3.63) is 59.7 Å². The van der Waals surface area contributed by atoms with E-state index in [1.54, 1.807) is 7.11 Å². The topological polar surface area (TPSA) is 47.6 Å². The van der Waals surface area contributed by atoms with Gasteiger partial charge in [0, 0.05) is 5.56 Å². The number of ether oxygens (including phenoxy) is 2. The summed E-state index contributed by atoms with van der Waals surface area (Å²) in [6.45, 7) is 6.12. The fourth-order valence-corrected chi connectivity index (χ4v) is 2.62. The third-order valence-corrected chi connectivity index (χ3v) is 3.88. The van der Waals surface area contributed by atoms with Gasteiger partial charge in [-0.05, 0) is 30.5 Å². The Balaban J connectivity index is 1.96. The second-order valence-electron chi connectivity index (χ2n) is 6.01. The first-order valence-corrected chi connectivity index (χ1v) is 8.17. The second-order valence-corrected chi connectivity index (χ2v) is 6.01. The van der Waals surface area contributed by atoms with Crippen molar-refractivity contribution in [1.29, 1.82) is 0 Å². The molecule has 0 aliphatic heterocycles. The average Bonchev–Trinajstić information content (AvgIpc) is 2.60. The van der Waals surface area contributed by atoms with Crippen molar-refractivity contribution in [1.82, 2.24) is 5.32 Å². The van der Waals surface area contributed by atoms with Gasteiger partial charge in [0.2, 0.25) is 0 Å². The molecule has 1 N–H and O–H groups in total. The summed E-state index contributed by atoms with van der Waals surface area (Å²) < 4.78 is 11.0. The standard InChI is InChI=1S/C20H25NO3/c1-14(2)16-9-5-8-12-19(16)24-13-20(22)21-15(3)17-10-6-7-11-18(17)23-4/h5-12,14-15H,13H2,1-4H3,(H,21,22). The van der Waals surface area contributed by atoms with Crippen molar-refractivity contribution in [3.63, 3.8) is 0 Å². The maximum Gasteiger partial charge on any atom is 0.258 e. The molecule has 0 saturated carbocycles. The summed E-state index contributed by atoms with van der Waals surface area (Å²) in [4.78, 5) is 12.2. The van der Waals surface area contributed by atoms with Crippen molar-refractivity contribution >= 4 is 5.91 Å². The number of para-hydroxylation sites is 2. The van der Waals surface area contributed by atoms with Crippen LogP contribution in [0.15, 0.2) is 48.5 Å². The van der Waals surface area contributed by atoms with E-state index in [1.165, 1.54) is 0 Å². The van der Waals surface area contributed by atoms with Gasteiger partial charge >= 0.3 is 0 Å². The highest BCUT2D eigenvalue weighted by Gasteiger charge is 2.15. The first-order chi connectivity index (χ1) is 11.5. The molecule has 0 aromatic heterocycles. The van der Waals surface area contributed by atoms with Gasteiger partial charge in [-0.25, -0.2) is 0 Å². The molecule has 1 amide bonds. The molecule has 0 bridgehead atoms. The van der Waals surface area contributed by atoms with Crippen molar-refractivity contribution in [2.75, 3.05) is 13.7 Å². The summed E-state index contributed by atoms with van der Waals surface area (Å²) in [5.41, 5.74) is 2.04. The van der Waals surface area contributed by atoms with E-state index >= 15 is 0 Å². The largest absolute Gasteiger partial charge is 0.496 e. The smallest absolute Gasteiger partial charge is 0.258 e. The second kappa shape index (κ2) is 8.39. The van der Waals surface area contributed by atoms with Crippen molar-refractivity contribution in [2.24, 2.45) is 0 Å². The van der Waals surface area contributed by atoms with Gasteiger partial charge in [-0.15, -0.1) is 0 Å². The fraction of sp³-hybridized carbons (Fsp3) is 0.350. The Morgan fingerprint density at radius 3 is 2.17 bits per heavy atom. The molecule has 24 heavy (non-hydrogen) atoms. The first-order valence-electron chi connectivity index (χ1n) is 8.17. The highest BCUT2D eigenvalue weighted by molar-refractivity contribution is 5.78. The molecular formula is C20H25NO3. The SMILES string of the molecule is COc1ccccc1C(C)NC(=O)COc1ccccc1C(C)C. The van der Waals surface area contributed by atoms with Gasteiger partial charge in [-0.1, -0.05) is 50.2 Å². The van der Waals surface area contributed by atoms with E-state index in [-0.39, 0.29) is 18.6 Å². The number of amides is 1. The van der Waals surface area contributed by atoms with Crippen LogP contribution in [0.2, 0.25) is 0 Å². The van der Waals surface area contributed by atoms with Crippen LogP contribution in [0.1, 0.15) is 43.9 Å². The highest BCUT2D eigenvalue weighted by atomic mass is 16.5. The van der Waals surface area contributed by atoms with Crippen LogP contribution in [0, 0.1) is 0 Å². The first kappa shape index (κ1) is 17.9. The number of benzene rings is 2. The van der Waals surface area contributed by atoms with Gasteiger partial charge in [0.1, 0.15) is 11.5 Å². The summed E-state index contributed by atoms with van der Waals surface area (Å²) in [5.74, 6) is 1.70. The molecule has 1 atom stereocenters.